The summed E-state index contributed by atoms with van der Waals surface area (Å²) in [5, 5.41) is 2.71. The van der Waals surface area contributed by atoms with Crippen LogP contribution in [-0.4, -0.2) is 18.4 Å². The van der Waals surface area contributed by atoms with Gasteiger partial charge in [-0.05, 0) is 18.6 Å². The number of ether oxygens (including phenoxy) is 1. The molecule has 0 spiro atoms. The van der Waals surface area contributed by atoms with Crippen LogP contribution in [0.5, 0.6) is 5.75 Å². The minimum absolute atomic E-state index is 0.170. The lowest BCUT2D eigenvalue weighted by molar-refractivity contribution is -0.132. The summed E-state index contributed by atoms with van der Waals surface area (Å²) in [5.41, 5.74) is -0.170. The number of nitrogens with one attached hydrogen (secondary N) is 1. The van der Waals surface area contributed by atoms with E-state index < -0.39 is 11.9 Å². The Kier molecular flexibility index (Phi) is 9.45. The van der Waals surface area contributed by atoms with E-state index in [1.165, 1.54) is 32.1 Å². The van der Waals surface area contributed by atoms with E-state index in [-0.39, 0.29) is 5.57 Å². The van der Waals surface area contributed by atoms with E-state index in [9.17, 15) is 9.59 Å². The third-order valence-corrected chi connectivity index (χ3v) is 3.54. The molecular weight excluding hydrogens is 290 g/mol. The monoisotopic (exact) mass is 317 g/mol. The highest BCUT2D eigenvalue weighted by atomic mass is 16.5. The maximum absolute atomic E-state index is 11.8. The second kappa shape index (κ2) is 11.5. The van der Waals surface area contributed by atoms with Crippen LogP contribution in [0.2, 0.25) is 0 Å². The van der Waals surface area contributed by atoms with Crippen molar-refractivity contribution in [1.29, 1.82) is 0 Å². The van der Waals surface area contributed by atoms with Crippen molar-refractivity contribution in [2.24, 2.45) is 0 Å². The SMILES string of the molecule is C=C(C(=O)NCCCCCCCCC)C(=O)Oc1ccccc1. The number of rotatable bonds is 11. The molecular formula is C19H27NO3. The zero-order chi connectivity index (χ0) is 16.9. The molecule has 0 heterocycles. The van der Waals surface area contributed by atoms with Gasteiger partial charge in [0.1, 0.15) is 11.3 Å². The fourth-order valence-electron chi connectivity index (χ4n) is 2.14. The van der Waals surface area contributed by atoms with Gasteiger partial charge in [-0.15, -0.1) is 0 Å². The number of amides is 1. The summed E-state index contributed by atoms with van der Waals surface area (Å²) >= 11 is 0. The minimum atomic E-state index is -0.715. The molecule has 4 nitrogen and oxygen atoms in total. The van der Waals surface area contributed by atoms with Gasteiger partial charge in [0, 0.05) is 6.54 Å². The maximum Gasteiger partial charge on any atom is 0.348 e. The van der Waals surface area contributed by atoms with Gasteiger partial charge in [0.15, 0.2) is 0 Å². The second-order valence-electron chi connectivity index (χ2n) is 5.56. The van der Waals surface area contributed by atoms with E-state index in [2.05, 4.69) is 18.8 Å². The Morgan fingerprint density at radius 1 is 1.00 bits per heavy atom. The Bertz CT molecular complexity index is 497. The molecule has 0 aromatic heterocycles. The van der Waals surface area contributed by atoms with Crippen LogP contribution in [0.15, 0.2) is 42.5 Å². The molecule has 1 amide bonds. The largest absolute Gasteiger partial charge is 0.423 e. The Morgan fingerprint density at radius 2 is 1.61 bits per heavy atom. The van der Waals surface area contributed by atoms with Crippen LogP contribution in [0.1, 0.15) is 51.9 Å². The van der Waals surface area contributed by atoms with E-state index >= 15 is 0 Å². The highest BCUT2D eigenvalue weighted by Crippen LogP contribution is 2.10. The number of carbonyl (C=O) groups excluding carboxylic acids is 2. The molecule has 0 atom stereocenters. The Balaban J connectivity index is 2.16. The average molecular weight is 317 g/mol. The van der Waals surface area contributed by atoms with Gasteiger partial charge in [-0.25, -0.2) is 4.79 Å². The first kappa shape index (κ1) is 18.9. The highest BCUT2D eigenvalue weighted by molar-refractivity contribution is 6.16. The van der Waals surface area contributed by atoms with Crippen LogP contribution in [0.25, 0.3) is 0 Å². The van der Waals surface area contributed by atoms with Gasteiger partial charge in [-0.3, -0.25) is 4.79 Å². The molecule has 0 bridgehead atoms. The number of benzene rings is 1. The number of esters is 1. The van der Waals surface area contributed by atoms with Gasteiger partial charge >= 0.3 is 5.97 Å². The predicted molar refractivity (Wildman–Crippen MR) is 92.2 cm³/mol. The van der Waals surface area contributed by atoms with Crippen LogP contribution in [0.4, 0.5) is 0 Å². The van der Waals surface area contributed by atoms with E-state index in [4.69, 9.17) is 4.74 Å². The Hall–Kier alpha value is -2.10. The summed E-state index contributed by atoms with van der Waals surface area (Å²) in [6, 6.07) is 8.64. The van der Waals surface area contributed by atoms with Crippen LogP contribution < -0.4 is 10.1 Å². The molecule has 0 saturated carbocycles. The van der Waals surface area contributed by atoms with Gasteiger partial charge in [0.2, 0.25) is 0 Å². The molecule has 0 fully saturated rings. The molecule has 1 rings (SSSR count). The first-order valence-electron chi connectivity index (χ1n) is 8.39. The zero-order valence-corrected chi connectivity index (χ0v) is 14.0. The predicted octanol–water partition coefficient (Wildman–Crippen LogP) is 4.02. The van der Waals surface area contributed by atoms with Crippen molar-refractivity contribution in [1.82, 2.24) is 5.32 Å². The van der Waals surface area contributed by atoms with Crippen LogP contribution >= 0.6 is 0 Å². The molecule has 0 aliphatic carbocycles. The van der Waals surface area contributed by atoms with Crippen molar-refractivity contribution in [2.45, 2.75) is 51.9 Å². The Morgan fingerprint density at radius 3 is 2.26 bits per heavy atom. The third-order valence-electron chi connectivity index (χ3n) is 3.54. The zero-order valence-electron chi connectivity index (χ0n) is 14.0. The minimum Gasteiger partial charge on any atom is -0.423 e. The average Bonchev–Trinajstić information content (AvgIpc) is 2.57. The van der Waals surface area contributed by atoms with Gasteiger partial charge in [-0.1, -0.05) is 70.2 Å². The fourth-order valence-corrected chi connectivity index (χ4v) is 2.14. The molecule has 1 aromatic carbocycles. The van der Waals surface area contributed by atoms with Crippen molar-refractivity contribution in [3.05, 3.63) is 42.5 Å². The molecule has 0 saturated heterocycles. The van der Waals surface area contributed by atoms with Gasteiger partial charge in [0.05, 0.1) is 0 Å². The summed E-state index contributed by atoms with van der Waals surface area (Å²) in [6.07, 6.45) is 8.26. The number of unbranched alkanes of at least 4 members (excludes halogenated alkanes) is 6. The van der Waals surface area contributed by atoms with E-state index in [0.717, 1.165) is 12.8 Å². The van der Waals surface area contributed by atoms with Crippen molar-refractivity contribution in [3.8, 4) is 5.75 Å². The van der Waals surface area contributed by atoms with E-state index in [0.29, 0.717) is 12.3 Å². The van der Waals surface area contributed by atoms with Crippen molar-refractivity contribution in [2.75, 3.05) is 6.54 Å². The number of hydrogen-bond acceptors (Lipinski definition) is 3. The summed E-state index contributed by atoms with van der Waals surface area (Å²) in [5.74, 6) is -0.774. The quantitative estimate of drug-likeness (QED) is 0.167. The molecule has 0 unspecified atom stereocenters. The van der Waals surface area contributed by atoms with Gasteiger partial charge in [-0.2, -0.15) is 0 Å². The van der Waals surface area contributed by atoms with Crippen molar-refractivity contribution in [3.63, 3.8) is 0 Å². The molecule has 23 heavy (non-hydrogen) atoms. The Labute approximate surface area is 138 Å². The topological polar surface area (TPSA) is 55.4 Å². The maximum atomic E-state index is 11.8. The number of carbonyl (C=O) groups is 2. The standard InChI is InChI=1S/C19H27NO3/c1-3-4-5-6-7-8-12-15-20-18(21)16(2)19(22)23-17-13-10-9-11-14-17/h9-11,13-14H,2-8,12,15H2,1H3,(H,20,21). The molecule has 0 aliphatic heterocycles. The normalized spacial score (nSPS) is 10.1. The first-order chi connectivity index (χ1) is 11.1. The van der Waals surface area contributed by atoms with Crippen LogP contribution in [0, 0.1) is 0 Å². The fraction of sp³-hybridized carbons (Fsp3) is 0.474. The number of hydrogen-bond donors (Lipinski definition) is 1. The van der Waals surface area contributed by atoms with E-state index in [1.54, 1.807) is 24.3 Å². The second-order valence-corrected chi connectivity index (χ2v) is 5.56. The van der Waals surface area contributed by atoms with Crippen molar-refractivity contribution < 1.29 is 14.3 Å². The van der Waals surface area contributed by atoms with Gasteiger partial charge < -0.3 is 10.1 Å². The lowest BCUT2D eigenvalue weighted by Gasteiger charge is -2.08. The smallest absolute Gasteiger partial charge is 0.348 e. The summed E-state index contributed by atoms with van der Waals surface area (Å²) in [6.45, 7) is 6.27. The molecule has 0 aliphatic rings. The van der Waals surface area contributed by atoms with Crippen LogP contribution in [-0.2, 0) is 9.59 Å². The van der Waals surface area contributed by atoms with E-state index in [1.807, 2.05) is 6.07 Å². The van der Waals surface area contributed by atoms with Gasteiger partial charge in [0.25, 0.3) is 5.91 Å². The molecule has 1 N–H and O–H groups in total. The van der Waals surface area contributed by atoms with Crippen LogP contribution in [0.3, 0.4) is 0 Å². The lowest BCUT2D eigenvalue weighted by atomic mass is 10.1. The molecule has 126 valence electrons. The lowest BCUT2D eigenvalue weighted by Crippen LogP contribution is -2.30. The number of para-hydroxylation sites is 1. The van der Waals surface area contributed by atoms with Crippen molar-refractivity contribution >= 4 is 11.9 Å². The summed E-state index contributed by atoms with van der Waals surface area (Å²) in [7, 11) is 0. The molecule has 0 radical (unpaired) electrons. The first-order valence-corrected chi connectivity index (χ1v) is 8.39. The highest BCUT2D eigenvalue weighted by Gasteiger charge is 2.17. The third kappa shape index (κ3) is 8.19. The summed E-state index contributed by atoms with van der Waals surface area (Å²) < 4.78 is 5.08. The molecule has 4 heteroatoms. The summed E-state index contributed by atoms with van der Waals surface area (Å²) in [4.78, 5) is 23.6. The molecule has 1 aromatic rings.